The van der Waals surface area contributed by atoms with Gasteiger partial charge in [0.15, 0.2) is 0 Å². The van der Waals surface area contributed by atoms with E-state index in [1.165, 1.54) is 6.07 Å². The van der Waals surface area contributed by atoms with Gasteiger partial charge < -0.3 is 9.84 Å². The summed E-state index contributed by atoms with van der Waals surface area (Å²) in [6.45, 7) is 7.46. The molecule has 0 saturated heterocycles. The standard InChI is InChI=1S/C23H27N3O6Si/c1-33(2,3)8-7-32-14-25-21-18(5-4-6-24-21)23(22(25)29)12-16-9-15(11-20(27)28)19(26(30)31)10-17(16)13-23/h4-6,9-10H,7-8,11-14H2,1-3H3,(H,27,28)/t23-/m0/s1. The van der Waals surface area contributed by atoms with E-state index in [-0.39, 0.29) is 23.9 Å². The Morgan fingerprint density at radius 1 is 1.30 bits per heavy atom. The zero-order chi connectivity index (χ0) is 24.0. The molecule has 2 aliphatic rings. The Kier molecular flexibility index (Phi) is 5.83. The first kappa shape index (κ1) is 23.1. The van der Waals surface area contributed by atoms with E-state index in [2.05, 4.69) is 24.6 Å². The fraction of sp³-hybridized carbons (Fsp3) is 0.435. The van der Waals surface area contributed by atoms with Crippen molar-refractivity contribution in [3.8, 4) is 0 Å². The number of pyridine rings is 1. The lowest BCUT2D eigenvalue weighted by Gasteiger charge is -2.23. The molecule has 0 saturated carbocycles. The highest BCUT2D eigenvalue weighted by molar-refractivity contribution is 6.76. The number of carboxylic acids is 1. The van der Waals surface area contributed by atoms with E-state index in [1.807, 2.05) is 6.07 Å². The zero-order valence-corrected chi connectivity index (χ0v) is 20.0. The van der Waals surface area contributed by atoms with Gasteiger partial charge in [-0.25, -0.2) is 4.98 Å². The number of amides is 1. The average Bonchev–Trinajstić information content (AvgIpc) is 3.20. The molecule has 1 atom stereocenters. The van der Waals surface area contributed by atoms with Crippen molar-refractivity contribution in [1.82, 2.24) is 4.98 Å². The van der Waals surface area contributed by atoms with Crippen molar-refractivity contribution < 1.29 is 24.4 Å². The lowest BCUT2D eigenvalue weighted by Crippen LogP contribution is -2.42. The number of carboxylic acid groups (broad SMARTS) is 1. The van der Waals surface area contributed by atoms with Crippen LogP contribution < -0.4 is 4.90 Å². The minimum absolute atomic E-state index is 0.107. The molecule has 10 heteroatoms. The number of aliphatic carboxylic acids is 1. The lowest BCUT2D eigenvalue weighted by atomic mass is 9.79. The van der Waals surface area contributed by atoms with Gasteiger partial charge in [-0.15, -0.1) is 0 Å². The van der Waals surface area contributed by atoms with Crippen molar-refractivity contribution in [1.29, 1.82) is 0 Å². The number of benzene rings is 1. The van der Waals surface area contributed by atoms with E-state index in [0.717, 1.165) is 17.2 Å². The highest BCUT2D eigenvalue weighted by Crippen LogP contribution is 2.50. The van der Waals surface area contributed by atoms with Crippen LogP contribution in [0.2, 0.25) is 25.7 Å². The van der Waals surface area contributed by atoms with Crippen LogP contribution in [0.3, 0.4) is 0 Å². The summed E-state index contributed by atoms with van der Waals surface area (Å²) in [7, 11) is -1.27. The SMILES string of the molecule is C[Si](C)(C)CCOCN1C(=O)[C@]2(Cc3cc(CC(=O)O)c([N+](=O)[O-])cc3C2)c2cccnc21. The summed E-state index contributed by atoms with van der Waals surface area (Å²) in [5.74, 6) is -0.717. The molecule has 1 N–H and O–H groups in total. The summed E-state index contributed by atoms with van der Waals surface area (Å²) < 4.78 is 5.86. The summed E-state index contributed by atoms with van der Waals surface area (Å²) >= 11 is 0. The smallest absolute Gasteiger partial charge is 0.308 e. The molecule has 1 aliphatic heterocycles. The van der Waals surface area contributed by atoms with Crippen LogP contribution in [0, 0.1) is 10.1 Å². The van der Waals surface area contributed by atoms with Crippen LogP contribution in [0.15, 0.2) is 30.5 Å². The number of carbonyl (C=O) groups is 2. The predicted octanol–water partition coefficient (Wildman–Crippen LogP) is 3.31. The molecular weight excluding hydrogens is 442 g/mol. The van der Waals surface area contributed by atoms with E-state index < -0.39 is 30.8 Å². The molecule has 1 amide bonds. The number of nitrogens with zero attached hydrogens (tertiary/aromatic N) is 3. The highest BCUT2D eigenvalue weighted by atomic mass is 28.3. The fourth-order valence-electron chi connectivity index (χ4n) is 4.69. The van der Waals surface area contributed by atoms with Gasteiger partial charge in [0, 0.05) is 38.1 Å². The molecule has 1 spiro atoms. The molecule has 0 radical (unpaired) electrons. The molecule has 33 heavy (non-hydrogen) atoms. The first-order valence-electron chi connectivity index (χ1n) is 10.9. The van der Waals surface area contributed by atoms with Crippen molar-refractivity contribution in [2.75, 3.05) is 18.2 Å². The summed E-state index contributed by atoms with van der Waals surface area (Å²) in [5.41, 5.74) is 1.25. The second-order valence-electron chi connectivity index (χ2n) is 9.97. The maximum atomic E-state index is 13.7. The Balaban J connectivity index is 1.65. The molecule has 1 aromatic heterocycles. The van der Waals surface area contributed by atoms with E-state index in [4.69, 9.17) is 4.74 Å². The van der Waals surface area contributed by atoms with Gasteiger partial charge in [0.25, 0.3) is 5.69 Å². The van der Waals surface area contributed by atoms with E-state index in [0.29, 0.717) is 30.8 Å². The van der Waals surface area contributed by atoms with Crippen molar-refractivity contribution in [3.63, 3.8) is 0 Å². The second-order valence-corrected chi connectivity index (χ2v) is 15.6. The summed E-state index contributed by atoms with van der Waals surface area (Å²) in [5, 5.41) is 20.7. The molecule has 1 aliphatic carbocycles. The Labute approximate surface area is 192 Å². The Morgan fingerprint density at radius 3 is 2.64 bits per heavy atom. The molecule has 1 aromatic carbocycles. The molecular formula is C23H27N3O6Si. The maximum absolute atomic E-state index is 13.7. The van der Waals surface area contributed by atoms with Gasteiger partial charge in [0.2, 0.25) is 5.91 Å². The number of carbonyl (C=O) groups excluding carboxylic acids is 1. The fourth-order valence-corrected chi connectivity index (χ4v) is 5.45. The Hall–Kier alpha value is -3.11. The van der Waals surface area contributed by atoms with Crippen molar-refractivity contribution in [2.24, 2.45) is 0 Å². The third kappa shape index (κ3) is 4.28. The third-order valence-corrected chi connectivity index (χ3v) is 8.06. The summed E-state index contributed by atoms with van der Waals surface area (Å²) in [6, 6.07) is 7.65. The average molecular weight is 470 g/mol. The van der Waals surface area contributed by atoms with Gasteiger partial charge in [-0.1, -0.05) is 25.7 Å². The number of rotatable bonds is 8. The molecule has 0 unspecified atom stereocenters. The van der Waals surface area contributed by atoms with E-state index >= 15 is 0 Å². The van der Waals surface area contributed by atoms with Crippen LogP contribution in [0.25, 0.3) is 0 Å². The zero-order valence-electron chi connectivity index (χ0n) is 19.0. The van der Waals surface area contributed by atoms with Gasteiger partial charge in [-0.05, 0) is 42.1 Å². The number of hydrogen-bond acceptors (Lipinski definition) is 6. The topological polar surface area (TPSA) is 123 Å². The van der Waals surface area contributed by atoms with Crippen LogP contribution in [-0.2, 0) is 39.0 Å². The van der Waals surface area contributed by atoms with Crippen molar-refractivity contribution >= 4 is 31.5 Å². The van der Waals surface area contributed by atoms with Crippen LogP contribution in [0.4, 0.5) is 11.5 Å². The Bertz CT molecular complexity index is 1150. The van der Waals surface area contributed by atoms with Crippen LogP contribution >= 0.6 is 0 Å². The second kappa shape index (κ2) is 8.34. The first-order valence-corrected chi connectivity index (χ1v) is 14.6. The number of hydrogen-bond donors (Lipinski definition) is 1. The van der Waals surface area contributed by atoms with Crippen LogP contribution in [0.5, 0.6) is 0 Å². The lowest BCUT2D eigenvalue weighted by molar-refractivity contribution is -0.385. The largest absolute Gasteiger partial charge is 0.481 e. The maximum Gasteiger partial charge on any atom is 0.308 e. The molecule has 0 bridgehead atoms. The number of nitro groups is 1. The van der Waals surface area contributed by atoms with Gasteiger partial charge in [0.1, 0.15) is 12.5 Å². The van der Waals surface area contributed by atoms with Gasteiger partial charge in [0.05, 0.1) is 16.8 Å². The first-order chi connectivity index (χ1) is 15.5. The molecule has 2 heterocycles. The number of nitro benzene ring substituents is 1. The van der Waals surface area contributed by atoms with E-state index in [1.54, 1.807) is 23.2 Å². The molecule has 9 nitrogen and oxygen atoms in total. The molecule has 4 rings (SSSR count). The number of anilines is 1. The van der Waals surface area contributed by atoms with Crippen LogP contribution in [-0.4, -0.2) is 48.3 Å². The van der Waals surface area contributed by atoms with Gasteiger partial charge in [-0.2, -0.15) is 0 Å². The van der Waals surface area contributed by atoms with Crippen LogP contribution in [0.1, 0.15) is 22.3 Å². The number of ether oxygens (including phenoxy) is 1. The van der Waals surface area contributed by atoms with Gasteiger partial charge >= 0.3 is 5.97 Å². The van der Waals surface area contributed by atoms with Crippen molar-refractivity contribution in [2.45, 2.75) is 50.4 Å². The molecule has 2 aromatic rings. The summed E-state index contributed by atoms with van der Waals surface area (Å²) in [6.07, 6.45) is 1.84. The monoisotopic (exact) mass is 469 g/mol. The highest BCUT2D eigenvalue weighted by Gasteiger charge is 2.55. The molecule has 0 fully saturated rings. The Morgan fingerprint density at radius 2 is 2.00 bits per heavy atom. The summed E-state index contributed by atoms with van der Waals surface area (Å²) in [4.78, 5) is 42.0. The molecule has 174 valence electrons. The normalized spacial score (nSPS) is 19.1. The van der Waals surface area contributed by atoms with E-state index in [9.17, 15) is 24.8 Å². The minimum Gasteiger partial charge on any atom is -0.481 e. The predicted molar refractivity (Wildman–Crippen MR) is 124 cm³/mol. The number of aromatic nitrogens is 1. The van der Waals surface area contributed by atoms with Gasteiger partial charge in [-0.3, -0.25) is 24.6 Å². The number of fused-ring (bicyclic) bond motifs is 3. The van der Waals surface area contributed by atoms with Crippen molar-refractivity contribution in [3.05, 3.63) is 62.8 Å². The quantitative estimate of drug-likeness (QED) is 0.272. The minimum atomic E-state index is -1.27. The third-order valence-electron chi connectivity index (χ3n) is 6.35.